The Labute approximate surface area is 135 Å². The summed E-state index contributed by atoms with van der Waals surface area (Å²) in [5.74, 6) is 2.26. The standard InChI is InChI=1S/C15H27N2O.BF4/c1-12(2)14-6-5-13(3)9-15(14)18-11-17-8-7-16(4)10-17;2-1(3,4)5/h7-8,10,12-15H,5-6,9,11H2,1-4H3;/q+1;-1/t13-,14+,15-;/m1./s1. The maximum Gasteiger partial charge on any atom is 0.673 e. The summed E-state index contributed by atoms with van der Waals surface area (Å²) >= 11 is 0. The molecule has 0 radical (unpaired) electrons. The van der Waals surface area contributed by atoms with Crippen LogP contribution in [0.2, 0.25) is 0 Å². The molecule has 1 saturated carbocycles. The van der Waals surface area contributed by atoms with Gasteiger partial charge in [-0.3, -0.25) is 0 Å². The van der Waals surface area contributed by atoms with Gasteiger partial charge in [-0.1, -0.05) is 27.2 Å². The van der Waals surface area contributed by atoms with Crippen molar-refractivity contribution in [3.05, 3.63) is 18.7 Å². The van der Waals surface area contributed by atoms with Crippen LogP contribution in [0.4, 0.5) is 17.3 Å². The van der Waals surface area contributed by atoms with Crippen LogP contribution in [0.1, 0.15) is 40.0 Å². The van der Waals surface area contributed by atoms with E-state index in [0.29, 0.717) is 12.8 Å². The fourth-order valence-electron chi connectivity index (χ4n) is 3.07. The summed E-state index contributed by atoms with van der Waals surface area (Å²) in [6, 6.07) is 0. The number of ether oxygens (including phenoxy) is 1. The van der Waals surface area contributed by atoms with Gasteiger partial charge >= 0.3 is 7.25 Å². The Morgan fingerprint density at radius 1 is 1.26 bits per heavy atom. The van der Waals surface area contributed by atoms with E-state index >= 15 is 0 Å². The van der Waals surface area contributed by atoms with Crippen molar-refractivity contribution in [1.29, 1.82) is 0 Å². The first-order chi connectivity index (χ1) is 10.6. The van der Waals surface area contributed by atoms with Gasteiger partial charge in [0.1, 0.15) is 12.4 Å². The van der Waals surface area contributed by atoms with Crippen LogP contribution < -0.4 is 4.57 Å². The first-order valence-corrected chi connectivity index (χ1v) is 8.06. The highest BCUT2D eigenvalue weighted by Crippen LogP contribution is 2.35. The van der Waals surface area contributed by atoms with Crippen molar-refractivity contribution in [3.63, 3.8) is 0 Å². The van der Waals surface area contributed by atoms with E-state index in [1.165, 1.54) is 19.3 Å². The Morgan fingerprint density at radius 2 is 1.87 bits per heavy atom. The van der Waals surface area contributed by atoms with Crippen molar-refractivity contribution in [2.24, 2.45) is 24.8 Å². The van der Waals surface area contributed by atoms with Crippen molar-refractivity contribution in [3.8, 4) is 0 Å². The predicted molar refractivity (Wildman–Crippen MR) is 82.0 cm³/mol. The second-order valence-corrected chi connectivity index (χ2v) is 6.75. The largest absolute Gasteiger partial charge is 0.673 e. The number of aromatic nitrogens is 2. The Hall–Kier alpha value is -1.05. The van der Waals surface area contributed by atoms with E-state index in [1.807, 2.05) is 17.8 Å². The molecule has 0 bridgehead atoms. The monoisotopic (exact) mass is 338 g/mol. The SMILES string of the molecule is CC(C)[C@@H]1CC[C@@H](C)C[C@H]1OCn1cc[n+](C)c1.F[B-](F)(F)F. The Bertz CT molecular complexity index is 459. The van der Waals surface area contributed by atoms with Gasteiger partial charge in [0.25, 0.3) is 0 Å². The van der Waals surface area contributed by atoms with E-state index in [4.69, 9.17) is 4.74 Å². The van der Waals surface area contributed by atoms with Crippen LogP contribution >= 0.6 is 0 Å². The zero-order valence-electron chi connectivity index (χ0n) is 14.3. The minimum absolute atomic E-state index is 0.432. The summed E-state index contributed by atoms with van der Waals surface area (Å²) in [5, 5.41) is 0. The predicted octanol–water partition coefficient (Wildman–Crippen LogP) is 4.05. The molecule has 1 aliphatic carbocycles. The first kappa shape index (κ1) is 20.0. The minimum Gasteiger partial charge on any atom is -0.418 e. The number of halogens is 4. The lowest BCUT2D eigenvalue weighted by molar-refractivity contribution is -0.671. The molecule has 0 amide bonds. The maximum absolute atomic E-state index is 9.75. The van der Waals surface area contributed by atoms with Crippen molar-refractivity contribution in [2.75, 3.05) is 0 Å². The van der Waals surface area contributed by atoms with Gasteiger partial charge in [-0.05, 0) is 30.6 Å². The van der Waals surface area contributed by atoms with Gasteiger partial charge < -0.3 is 22.0 Å². The van der Waals surface area contributed by atoms with Crippen LogP contribution in [-0.2, 0) is 18.5 Å². The van der Waals surface area contributed by atoms with Crippen LogP contribution in [0, 0.1) is 17.8 Å². The molecule has 1 aromatic rings. The number of nitrogens with zero attached hydrogens (tertiary/aromatic N) is 2. The summed E-state index contributed by atoms with van der Waals surface area (Å²) in [5.41, 5.74) is 0. The van der Waals surface area contributed by atoms with Gasteiger partial charge in [-0.2, -0.15) is 0 Å². The fourth-order valence-corrected chi connectivity index (χ4v) is 3.07. The molecule has 0 N–H and O–H groups in total. The van der Waals surface area contributed by atoms with E-state index < -0.39 is 7.25 Å². The average molecular weight is 338 g/mol. The normalized spacial score (nSPS) is 25.2. The van der Waals surface area contributed by atoms with Gasteiger partial charge in [0.15, 0.2) is 6.73 Å². The lowest BCUT2D eigenvalue weighted by Crippen LogP contribution is -2.34. The quantitative estimate of drug-likeness (QED) is 0.460. The summed E-state index contributed by atoms with van der Waals surface area (Å²) in [6.45, 7) is 7.68. The average Bonchev–Trinajstić information content (AvgIpc) is 2.80. The number of imidazole rings is 1. The molecule has 23 heavy (non-hydrogen) atoms. The molecule has 3 atom stereocenters. The first-order valence-electron chi connectivity index (χ1n) is 8.06. The van der Waals surface area contributed by atoms with Crippen LogP contribution in [0.3, 0.4) is 0 Å². The second kappa shape index (κ2) is 8.71. The molecule has 1 fully saturated rings. The molecule has 2 rings (SSSR count). The molecule has 1 heterocycles. The van der Waals surface area contributed by atoms with Crippen LogP contribution in [-0.4, -0.2) is 17.9 Å². The van der Waals surface area contributed by atoms with Gasteiger partial charge in [0.2, 0.25) is 6.33 Å². The van der Waals surface area contributed by atoms with Crippen molar-refractivity contribution < 1.29 is 26.6 Å². The summed E-state index contributed by atoms with van der Waals surface area (Å²) in [7, 11) is -3.96. The Kier molecular flexibility index (Phi) is 7.57. The number of rotatable bonds is 4. The Balaban J connectivity index is 0.000000463. The molecular formula is C15H27BF4N2O. The van der Waals surface area contributed by atoms with Crippen LogP contribution in [0.25, 0.3) is 0 Å². The molecule has 0 saturated heterocycles. The molecule has 8 heteroatoms. The third-order valence-corrected chi connectivity index (χ3v) is 4.22. The molecule has 3 nitrogen and oxygen atoms in total. The van der Waals surface area contributed by atoms with Gasteiger partial charge in [0, 0.05) is 0 Å². The van der Waals surface area contributed by atoms with Gasteiger partial charge in [-0.15, -0.1) is 0 Å². The van der Waals surface area contributed by atoms with Crippen molar-refractivity contribution in [2.45, 2.75) is 52.9 Å². The summed E-state index contributed by atoms with van der Waals surface area (Å²) in [6.07, 6.45) is 10.5. The third kappa shape index (κ3) is 8.39. The molecule has 0 aliphatic heterocycles. The van der Waals surface area contributed by atoms with E-state index in [9.17, 15) is 17.3 Å². The summed E-state index contributed by atoms with van der Waals surface area (Å²) in [4.78, 5) is 0. The molecule has 1 aliphatic rings. The topological polar surface area (TPSA) is 18.0 Å². The summed E-state index contributed by atoms with van der Waals surface area (Å²) < 4.78 is 49.3. The van der Waals surface area contributed by atoms with E-state index in [-0.39, 0.29) is 0 Å². The highest BCUT2D eigenvalue weighted by atomic mass is 19.5. The molecular weight excluding hydrogens is 311 g/mol. The maximum atomic E-state index is 9.75. The number of hydrogen-bond acceptors (Lipinski definition) is 1. The minimum atomic E-state index is -6.00. The molecule has 1 aromatic heterocycles. The smallest absolute Gasteiger partial charge is 0.418 e. The highest BCUT2D eigenvalue weighted by Gasteiger charge is 2.31. The fraction of sp³-hybridized carbons (Fsp3) is 0.800. The van der Waals surface area contributed by atoms with Crippen LogP contribution in [0.15, 0.2) is 18.7 Å². The van der Waals surface area contributed by atoms with Gasteiger partial charge in [-0.25, -0.2) is 9.13 Å². The lowest BCUT2D eigenvalue weighted by atomic mass is 9.75. The number of aryl methyl sites for hydroxylation is 1. The van der Waals surface area contributed by atoms with E-state index in [1.54, 1.807) is 0 Å². The zero-order chi connectivity index (χ0) is 17.6. The molecule has 0 spiro atoms. The van der Waals surface area contributed by atoms with Crippen LogP contribution in [0.5, 0.6) is 0 Å². The molecule has 0 aromatic carbocycles. The van der Waals surface area contributed by atoms with E-state index in [2.05, 4.69) is 37.9 Å². The van der Waals surface area contributed by atoms with Gasteiger partial charge in [0.05, 0.1) is 13.2 Å². The Morgan fingerprint density at radius 3 is 2.35 bits per heavy atom. The zero-order valence-corrected chi connectivity index (χ0v) is 14.3. The highest BCUT2D eigenvalue weighted by molar-refractivity contribution is 6.50. The van der Waals surface area contributed by atoms with Crippen molar-refractivity contribution in [1.82, 2.24) is 4.57 Å². The van der Waals surface area contributed by atoms with Crippen molar-refractivity contribution >= 4 is 7.25 Å². The molecule has 134 valence electrons. The molecule has 0 unspecified atom stereocenters. The lowest BCUT2D eigenvalue weighted by Gasteiger charge is -2.36. The second-order valence-electron chi connectivity index (χ2n) is 6.75. The van der Waals surface area contributed by atoms with E-state index in [0.717, 1.165) is 17.8 Å². The third-order valence-electron chi connectivity index (χ3n) is 4.22. The number of hydrogen-bond donors (Lipinski definition) is 0.